The number of nitrogens with zero attached hydrogens (tertiary/aromatic N) is 2. The van der Waals surface area contributed by atoms with Gasteiger partial charge in [-0.05, 0) is 35.4 Å². The summed E-state index contributed by atoms with van der Waals surface area (Å²) in [4.78, 5) is 21.0. The van der Waals surface area contributed by atoms with Crippen molar-refractivity contribution in [2.45, 2.75) is 22.9 Å². The van der Waals surface area contributed by atoms with E-state index in [0.717, 1.165) is 70.6 Å². The fourth-order valence-electron chi connectivity index (χ4n) is 3.94. The van der Waals surface area contributed by atoms with Crippen LogP contribution in [0, 0.1) is 0 Å². The van der Waals surface area contributed by atoms with Crippen LogP contribution in [0.5, 0.6) is 0 Å². The molecular formula is C34H40N2O6S. The number of carbonyl (C=O) groups is 2. The third kappa shape index (κ3) is 12.6. The summed E-state index contributed by atoms with van der Waals surface area (Å²) >= 11 is 0. The van der Waals surface area contributed by atoms with Gasteiger partial charge in [0, 0.05) is 11.1 Å². The quantitative estimate of drug-likeness (QED) is 0.286. The van der Waals surface area contributed by atoms with E-state index in [9.17, 15) is 28.2 Å². The van der Waals surface area contributed by atoms with E-state index in [4.69, 9.17) is 0 Å². The van der Waals surface area contributed by atoms with E-state index >= 15 is 0 Å². The number of hydrogen-bond donors (Lipinski definition) is 0. The van der Waals surface area contributed by atoms with E-state index in [2.05, 4.69) is 103 Å². The van der Waals surface area contributed by atoms with Crippen LogP contribution in [0.1, 0.15) is 31.8 Å². The molecule has 0 saturated heterocycles. The highest BCUT2D eigenvalue weighted by molar-refractivity contribution is 7.91. The van der Waals surface area contributed by atoms with Crippen molar-refractivity contribution in [3.05, 3.63) is 131 Å². The molecule has 4 aromatic rings. The first-order valence-corrected chi connectivity index (χ1v) is 15.0. The van der Waals surface area contributed by atoms with Crippen LogP contribution < -0.4 is 10.2 Å². The number of hydrogen-bond acceptors (Lipinski definition) is 6. The molecule has 0 saturated carbocycles. The molecule has 0 heterocycles. The maximum atomic E-state index is 12.3. The van der Waals surface area contributed by atoms with Gasteiger partial charge in [-0.25, -0.2) is 8.42 Å². The maximum absolute atomic E-state index is 12.3. The van der Waals surface area contributed by atoms with Gasteiger partial charge in [-0.2, -0.15) is 0 Å². The van der Waals surface area contributed by atoms with Crippen molar-refractivity contribution in [1.29, 1.82) is 0 Å². The van der Waals surface area contributed by atoms with E-state index in [0.29, 0.717) is 0 Å². The molecule has 0 radical (unpaired) electrons. The van der Waals surface area contributed by atoms with E-state index < -0.39 is 21.8 Å². The number of carbonyl (C=O) groups excluding carboxylic acids is 2. The van der Waals surface area contributed by atoms with Gasteiger partial charge < -0.3 is 28.8 Å². The number of carboxylic acid groups (broad SMARTS) is 2. The summed E-state index contributed by atoms with van der Waals surface area (Å²) in [6, 6.07) is 30.2. The fourth-order valence-corrected chi connectivity index (χ4v) is 5.20. The Labute approximate surface area is 255 Å². The summed E-state index contributed by atoms with van der Waals surface area (Å²) in [6.07, 6.45) is 0. The summed E-state index contributed by atoms with van der Waals surface area (Å²) in [7, 11) is 9.36. The molecule has 0 aliphatic heterocycles. The monoisotopic (exact) mass is 604 g/mol. The number of aromatic carboxylic acids is 2. The average molecular weight is 605 g/mol. The first-order chi connectivity index (χ1) is 20.0. The molecule has 0 fully saturated rings. The van der Waals surface area contributed by atoms with Gasteiger partial charge in [0.25, 0.3) is 0 Å². The lowest BCUT2D eigenvalue weighted by Gasteiger charge is -2.23. The molecule has 0 aliphatic rings. The standard InChI is InChI=1S/C14H10O6S.2C10H16N/c15-13(16)9-1-5-11(6-2-9)21(19,20)12-7-3-10(4-8-12)14(17)18;2*1-11(2,3)9-10-7-5-4-6-8-10/h1-8H,(H,15,16)(H,17,18);2*4-8H,9H2,1-3H3/q;2*+1/p-2. The van der Waals surface area contributed by atoms with Crippen LogP contribution in [0.3, 0.4) is 0 Å². The van der Waals surface area contributed by atoms with Crippen molar-refractivity contribution in [3.8, 4) is 0 Å². The predicted octanol–water partition coefficient (Wildman–Crippen LogP) is 3.03. The van der Waals surface area contributed by atoms with Crippen LogP contribution in [0.25, 0.3) is 0 Å². The minimum atomic E-state index is -3.85. The molecule has 0 atom stereocenters. The molecule has 0 bridgehead atoms. The third-order valence-corrected chi connectivity index (χ3v) is 7.59. The van der Waals surface area contributed by atoms with Crippen LogP contribution in [0.2, 0.25) is 0 Å². The first-order valence-electron chi connectivity index (χ1n) is 13.5. The van der Waals surface area contributed by atoms with Gasteiger partial charge in [0.15, 0.2) is 0 Å². The molecule has 43 heavy (non-hydrogen) atoms. The van der Waals surface area contributed by atoms with Crippen LogP contribution in [0.4, 0.5) is 0 Å². The summed E-state index contributed by atoms with van der Waals surface area (Å²) in [5.41, 5.74) is 2.53. The Hall–Kier alpha value is -4.31. The minimum Gasteiger partial charge on any atom is -0.545 e. The number of rotatable bonds is 8. The Morgan fingerprint density at radius 1 is 0.512 bits per heavy atom. The van der Waals surface area contributed by atoms with Crippen molar-refractivity contribution in [2.24, 2.45) is 0 Å². The van der Waals surface area contributed by atoms with Crippen molar-refractivity contribution < 1.29 is 37.2 Å². The van der Waals surface area contributed by atoms with Crippen molar-refractivity contribution >= 4 is 21.8 Å². The number of sulfone groups is 1. The smallest absolute Gasteiger partial charge is 0.206 e. The van der Waals surface area contributed by atoms with Gasteiger partial charge in [-0.1, -0.05) is 84.9 Å². The molecule has 4 rings (SSSR count). The number of carboxylic acids is 2. The fraction of sp³-hybridized carbons (Fsp3) is 0.235. The van der Waals surface area contributed by atoms with Gasteiger partial charge in [0.2, 0.25) is 9.84 Å². The molecule has 228 valence electrons. The molecule has 9 heteroatoms. The van der Waals surface area contributed by atoms with Crippen molar-refractivity contribution in [2.75, 3.05) is 42.3 Å². The molecule has 0 spiro atoms. The van der Waals surface area contributed by atoms with Crippen LogP contribution >= 0.6 is 0 Å². The Morgan fingerprint density at radius 2 is 0.791 bits per heavy atom. The molecule has 8 nitrogen and oxygen atoms in total. The topological polar surface area (TPSA) is 114 Å². The highest BCUT2D eigenvalue weighted by Gasteiger charge is 2.17. The molecule has 0 aliphatic carbocycles. The molecular weight excluding hydrogens is 564 g/mol. The Morgan fingerprint density at radius 3 is 1.02 bits per heavy atom. The summed E-state index contributed by atoms with van der Waals surface area (Å²) in [5.74, 6) is -2.81. The molecule has 0 amide bonds. The lowest BCUT2D eigenvalue weighted by molar-refractivity contribution is -0.884. The lowest BCUT2D eigenvalue weighted by atomic mass is 10.2. The Bertz CT molecular complexity index is 1440. The van der Waals surface area contributed by atoms with E-state index in [1.807, 2.05) is 0 Å². The van der Waals surface area contributed by atoms with Crippen molar-refractivity contribution in [3.63, 3.8) is 0 Å². The zero-order valence-electron chi connectivity index (χ0n) is 25.6. The first kappa shape index (κ1) is 34.9. The molecule has 0 unspecified atom stereocenters. The SMILES string of the molecule is C[N+](C)(C)Cc1ccccc1.C[N+](C)(C)Cc1ccccc1.O=C([O-])c1ccc(S(=O)(=O)c2ccc(C(=O)[O-])cc2)cc1. The second kappa shape index (κ2) is 15.2. The highest BCUT2D eigenvalue weighted by atomic mass is 32.2. The maximum Gasteiger partial charge on any atom is 0.206 e. The van der Waals surface area contributed by atoms with Crippen molar-refractivity contribution in [1.82, 2.24) is 0 Å². The summed E-state index contributed by atoms with van der Waals surface area (Å²) in [5, 5.41) is 21.2. The molecule has 0 N–H and O–H groups in total. The minimum absolute atomic E-state index is 0.103. The van der Waals surface area contributed by atoms with E-state index in [1.165, 1.54) is 11.1 Å². The van der Waals surface area contributed by atoms with Gasteiger partial charge in [0.05, 0.1) is 64.0 Å². The third-order valence-electron chi connectivity index (χ3n) is 5.80. The Balaban J connectivity index is 0.000000247. The lowest BCUT2D eigenvalue weighted by Crippen LogP contribution is -2.33. The zero-order valence-corrected chi connectivity index (χ0v) is 26.4. The zero-order chi connectivity index (χ0) is 32.3. The van der Waals surface area contributed by atoms with Crippen LogP contribution in [-0.2, 0) is 22.9 Å². The predicted molar refractivity (Wildman–Crippen MR) is 163 cm³/mol. The summed E-state index contributed by atoms with van der Waals surface area (Å²) < 4.78 is 26.5. The number of quaternary nitrogens is 2. The van der Waals surface area contributed by atoms with Crippen LogP contribution in [-0.4, -0.2) is 71.6 Å². The average Bonchev–Trinajstić information content (AvgIpc) is 2.93. The highest BCUT2D eigenvalue weighted by Crippen LogP contribution is 2.21. The van der Waals surface area contributed by atoms with Crippen LogP contribution in [0.15, 0.2) is 119 Å². The Kier molecular flexibility index (Phi) is 12.4. The molecule has 4 aromatic carbocycles. The normalized spacial score (nSPS) is 11.3. The van der Waals surface area contributed by atoms with E-state index in [-0.39, 0.29) is 20.9 Å². The van der Waals surface area contributed by atoms with Gasteiger partial charge in [-0.3, -0.25) is 0 Å². The largest absolute Gasteiger partial charge is 0.545 e. The van der Waals surface area contributed by atoms with E-state index in [1.54, 1.807) is 0 Å². The number of benzene rings is 4. The van der Waals surface area contributed by atoms with Gasteiger partial charge in [0.1, 0.15) is 13.1 Å². The van der Waals surface area contributed by atoms with Gasteiger partial charge >= 0.3 is 0 Å². The second-order valence-corrected chi connectivity index (χ2v) is 13.9. The summed E-state index contributed by atoms with van der Waals surface area (Å²) in [6.45, 7) is 2.20. The van der Waals surface area contributed by atoms with Gasteiger partial charge in [-0.15, -0.1) is 0 Å². The second-order valence-electron chi connectivity index (χ2n) is 12.0. The molecule has 0 aromatic heterocycles.